The maximum Gasteiger partial charge on any atom is 0.270 e. The molecule has 0 unspecified atom stereocenters. The van der Waals surface area contributed by atoms with Crippen LogP contribution in [0.1, 0.15) is 10.5 Å². The lowest BCUT2D eigenvalue weighted by Gasteiger charge is -2.13. The van der Waals surface area contributed by atoms with Gasteiger partial charge < -0.3 is 15.2 Å². The third-order valence-corrected chi connectivity index (χ3v) is 2.99. The van der Waals surface area contributed by atoms with Crippen LogP contribution in [0.15, 0.2) is 36.4 Å². The highest BCUT2D eigenvalue weighted by molar-refractivity contribution is 6.29. The number of pyridine rings is 1. The van der Waals surface area contributed by atoms with Gasteiger partial charge in [-0.15, -0.1) is 0 Å². The highest BCUT2D eigenvalue weighted by Gasteiger charge is 2.12. The summed E-state index contributed by atoms with van der Waals surface area (Å²) in [7, 11) is 0. The number of carbonyl (C=O) groups is 1. The molecule has 1 aromatic heterocycles. The summed E-state index contributed by atoms with van der Waals surface area (Å²) in [5.74, 6) is -2.46. The van der Waals surface area contributed by atoms with E-state index in [1.165, 1.54) is 18.2 Å². The molecule has 0 fully saturated rings. The van der Waals surface area contributed by atoms with Crippen molar-refractivity contribution in [2.75, 3.05) is 13.2 Å². The topological polar surface area (TPSA) is 71.5 Å². The predicted molar refractivity (Wildman–Crippen MR) is 79.4 cm³/mol. The largest absolute Gasteiger partial charge is 0.491 e. The molecule has 5 nitrogen and oxygen atoms in total. The molecule has 0 bridgehead atoms. The minimum absolute atomic E-state index is 0.0748. The summed E-state index contributed by atoms with van der Waals surface area (Å²) in [4.78, 5) is 15.6. The molecule has 1 heterocycles. The molecule has 8 heteroatoms. The van der Waals surface area contributed by atoms with Crippen LogP contribution >= 0.6 is 11.6 Å². The van der Waals surface area contributed by atoms with Crippen molar-refractivity contribution in [1.29, 1.82) is 0 Å². The van der Waals surface area contributed by atoms with E-state index in [0.717, 1.165) is 12.1 Å². The molecule has 0 saturated heterocycles. The molecule has 0 aliphatic carbocycles. The van der Waals surface area contributed by atoms with E-state index in [0.29, 0.717) is 0 Å². The Hall–Kier alpha value is -2.25. The number of rotatable bonds is 6. The molecule has 1 aromatic carbocycles. The molecule has 0 aliphatic rings. The number of aliphatic hydroxyl groups is 1. The summed E-state index contributed by atoms with van der Waals surface area (Å²) < 4.78 is 30.9. The zero-order valence-electron chi connectivity index (χ0n) is 11.8. The van der Waals surface area contributed by atoms with Gasteiger partial charge in [0.15, 0.2) is 11.6 Å². The number of aromatic nitrogens is 1. The van der Waals surface area contributed by atoms with Crippen molar-refractivity contribution in [1.82, 2.24) is 10.3 Å². The minimum Gasteiger partial charge on any atom is -0.491 e. The smallest absolute Gasteiger partial charge is 0.270 e. The fraction of sp³-hybridized carbons (Fsp3) is 0.200. The lowest BCUT2D eigenvalue weighted by molar-refractivity contribution is 0.0839. The van der Waals surface area contributed by atoms with Crippen molar-refractivity contribution in [2.45, 2.75) is 6.10 Å². The standard InChI is InChI=1S/C15H13ClF2N2O3/c16-14-3-1-2-13(20-14)15(22)19-7-9(21)8-23-10-4-5-11(17)12(18)6-10/h1-6,9,21H,7-8H2,(H,19,22)/t9-/m0/s1. The number of nitrogens with zero attached hydrogens (tertiary/aromatic N) is 1. The second-order valence-corrected chi connectivity index (χ2v) is 4.98. The van der Waals surface area contributed by atoms with Gasteiger partial charge in [-0.3, -0.25) is 4.79 Å². The Morgan fingerprint density at radius 1 is 1.30 bits per heavy atom. The van der Waals surface area contributed by atoms with E-state index in [1.54, 1.807) is 6.07 Å². The molecule has 2 rings (SSSR count). The van der Waals surface area contributed by atoms with Crippen LogP contribution in [0.2, 0.25) is 5.15 Å². The van der Waals surface area contributed by atoms with Gasteiger partial charge in [0.25, 0.3) is 5.91 Å². The van der Waals surface area contributed by atoms with Crippen molar-refractivity contribution in [3.05, 3.63) is 58.9 Å². The first kappa shape index (κ1) is 17.1. The van der Waals surface area contributed by atoms with Gasteiger partial charge in [-0.1, -0.05) is 17.7 Å². The summed E-state index contributed by atoms with van der Waals surface area (Å²) in [6.45, 7) is -0.301. The van der Waals surface area contributed by atoms with Crippen LogP contribution in [0.25, 0.3) is 0 Å². The molecule has 0 radical (unpaired) electrons. The van der Waals surface area contributed by atoms with Gasteiger partial charge in [-0.05, 0) is 24.3 Å². The lowest BCUT2D eigenvalue weighted by atomic mass is 10.3. The SMILES string of the molecule is O=C(NC[C@H](O)COc1ccc(F)c(F)c1)c1cccc(Cl)n1. The first-order valence-corrected chi connectivity index (χ1v) is 7.00. The van der Waals surface area contributed by atoms with Crippen LogP contribution in [0.4, 0.5) is 8.78 Å². The molecule has 0 spiro atoms. The summed E-state index contributed by atoms with van der Waals surface area (Å²) in [6.07, 6.45) is -1.04. The lowest BCUT2D eigenvalue weighted by Crippen LogP contribution is -2.35. The Balaban J connectivity index is 1.79. The Morgan fingerprint density at radius 3 is 2.78 bits per heavy atom. The number of amides is 1. The molecular formula is C15H13ClF2N2O3. The highest BCUT2D eigenvalue weighted by Crippen LogP contribution is 2.15. The zero-order chi connectivity index (χ0) is 16.8. The van der Waals surface area contributed by atoms with E-state index in [9.17, 15) is 18.7 Å². The molecular weight excluding hydrogens is 330 g/mol. The van der Waals surface area contributed by atoms with Crippen LogP contribution in [0, 0.1) is 11.6 Å². The summed E-state index contributed by atoms with van der Waals surface area (Å²) in [5.41, 5.74) is 0.117. The van der Waals surface area contributed by atoms with Crippen LogP contribution in [0.5, 0.6) is 5.75 Å². The highest BCUT2D eigenvalue weighted by atomic mass is 35.5. The Labute approximate surface area is 135 Å². The number of ether oxygens (including phenoxy) is 1. The quantitative estimate of drug-likeness (QED) is 0.789. The normalized spacial score (nSPS) is 11.8. The number of hydrogen-bond acceptors (Lipinski definition) is 4. The maximum atomic E-state index is 13.0. The molecule has 122 valence electrons. The molecule has 1 atom stereocenters. The number of benzene rings is 1. The van der Waals surface area contributed by atoms with E-state index in [4.69, 9.17) is 16.3 Å². The Morgan fingerprint density at radius 2 is 2.09 bits per heavy atom. The molecule has 0 saturated carbocycles. The third kappa shape index (κ3) is 5.15. The summed E-state index contributed by atoms with van der Waals surface area (Å²) >= 11 is 5.68. The van der Waals surface area contributed by atoms with E-state index in [1.807, 2.05) is 0 Å². The van der Waals surface area contributed by atoms with Crippen LogP contribution < -0.4 is 10.1 Å². The summed E-state index contributed by atoms with van der Waals surface area (Å²) in [6, 6.07) is 7.61. The Kier molecular flexibility index (Phi) is 5.84. The fourth-order valence-electron chi connectivity index (χ4n) is 1.65. The number of aliphatic hydroxyl groups excluding tert-OH is 1. The van der Waals surface area contributed by atoms with Gasteiger partial charge in [0.1, 0.15) is 29.3 Å². The zero-order valence-corrected chi connectivity index (χ0v) is 12.6. The summed E-state index contributed by atoms with van der Waals surface area (Å²) in [5, 5.41) is 12.4. The number of nitrogens with one attached hydrogen (secondary N) is 1. The van der Waals surface area contributed by atoms with Gasteiger partial charge in [0, 0.05) is 12.6 Å². The second-order valence-electron chi connectivity index (χ2n) is 4.60. The second kappa shape index (κ2) is 7.85. The van der Waals surface area contributed by atoms with Crippen molar-refractivity contribution >= 4 is 17.5 Å². The fourth-order valence-corrected chi connectivity index (χ4v) is 1.82. The van der Waals surface area contributed by atoms with Gasteiger partial charge in [0.2, 0.25) is 0 Å². The molecule has 23 heavy (non-hydrogen) atoms. The van der Waals surface area contributed by atoms with Gasteiger partial charge in [-0.2, -0.15) is 0 Å². The van der Waals surface area contributed by atoms with Gasteiger partial charge >= 0.3 is 0 Å². The Bertz CT molecular complexity index is 700. The van der Waals surface area contributed by atoms with E-state index in [-0.39, 0.29) is 29.7 Å². The molecule has 2 N–H and O–H groups in total. The maximum absolute atomic E-state index is 13.0. The minimum atomic E-state index is -1.04. The van der Waals surface area contributed by atoms with Crippen LogP contribution in [-0.2, 0) is 0 Å². The average molecular weight is 343 g/mol. The van der Waals surface area contributed by atoms with Gasteiger partial charge in [0.05, 0.1) is 0 Å². The first-order valence-electron chi connectivity index (χ1n) is 6.62. The number of carbonyl (C=O) groups excluding carboxylic acids is 1. The van der Waals surface area contributed by atoms with Crippen molar-refractivity contribution in [2.24, 2.45) is 0 Å². The monoisotopic (exact) mass is 342 g/mol. The average Bonchev–Trinajstić information content (AvgIpc) is 2.53. The van der Waals surface area contributed by atoms with Crippen LogP contribution in [-0.4, -0.2) is 35.3 Å². The number of hydrogen-bond donors (Lipinski definition) is 2. The van der Waals surface area contributed by atoms with E-state index in [2.05, 4.69) is 10.3 Å². The van der Waals surface area contributed by atoms with Gasteiger partial charge in [-0.25, -0.2) is 13.8 Å². The third-order valence-electron chi connectivity index (χ3n) is 2.78. The number of halogens is 3. The van der Waals surface area contributed by atoms with Crippen molar-refractivity contribution < 1.29 is 23.4 Å². The van der Waals surface area contributed by atoms with E-state index < -0.39 is 23.6 Å². The first-order chi connectivity index (χ1) is 11.0. The molecule has 1 amide bonds. The van der Waals surface area contributed by atoms with E-state index >= 15 is 0 Å². The van der Waals surface area contributed by atoms with Crippen LogP contribution in [0.3, 0.4) is 0 Å². The molecule has 2 aromatic rings. The predicted octanol–water partition coefficient (Wildman–Crippen LogP) is 2.18. The van der Waals surface area contributed by atoms with Crippen molar-refractivity contribution in [3.63, 3.8) is 0 Å². The molecule has 0 aliphatic heterocycles. The van der Waals surface area contributed by atoms with Crippen molar-refractivity contribution in [3.8, 4) is 5.75 Å².